The number of hydrogen-bond acceptors (Lipinski definition) is 5. The molecule has 9 heteroatoms. The van der Waals surface area contributed by atoms with E-state index >= 15 is 0 Å². The van der Waals surface area contributed by atoms with E-state index in [0.29, 0.717) is 0 Å². The van der Waals surface area contributed by atoms with Crippen LogP contribution in [-0.2, 0) is 10.0 Å². The number of sulfonamides is 1. The van der Waals surface area contributed by atoms with E-state index in [9.17, 15) is 18.5 Å². The number of nitrogens with one attached hydrogen (secondary N) is 2. The monoisotopic (exact) mass is 268 g/mol. The maximum atomic E-state index is 11.9. The van der Waals surface area contributed by atoms with Crippen molar-refractivity contribution >= 4 is 21.5 Å². The van der Waals surface area contributed by atoms with Crippen LogP contribution in [0, 0.1) is 10.1 Å². The van der Waals surface area contributed by atoms with Gasteiger partial charge in [0.1, 0.15) is 5.82 Å². The van der Waals surface area contributed by atoms with E-state index in [1.54, 1.807) is 0 Å². The quantitative estimate of drug-likeness (QED) is 0.636. The van der Waals surface area contributed by atoms with Crippen LogP contribution < -0.4 is 4.72 Å². The zero-order valence-electron chi connectivity index (χ0n) is 8.90. The van der Waals surface area contributed by atoms with E-state index in [1.807, 2.05) is 0 Å². The lowest BCUT2D eigenvalue weighted by Gasteiger charge is -2.05. The summed E-state index contributed by atoms with van der Waals surface area (Å²) in [5.41, 5.74) is -0.289. The van der Waals surface area contributed by atoms with Gasteiger partial charge in [0.15, 0.2) is 0 Å². The van der Waals surface area contributed by atoms with Crippen molar-refractivity contribution in [2.75, 3.05) is 4.72 Å². The van der Waals surface area contributed by atoms with Crippen LogP contribution in [0.3, 0.4) is 0 Å². The molecular formula is C9H8N4O4S. The molecule has 0 spiro atoms. The normalized spacial score (nSPS) is 11.1. The van der Waals surface area contributed by atoms with Crippen molar-refractivity contribution in [2.45, 2.75) is 4.90 Å². The summed E-state index contributed by atoms with van der Waals surface area (Å²) in [7, 11) is -3.86. The molecule has 0 aliphatic carbocycles. The molecule has 0 aliphatic rings. The number of benzene rings is 1. The Morgan fingerprint density at radius 1 is 1.33 bits per heavy atom. The lowest BCUT2D eigenvalue weighted by atomic mass is 10.3. The Balaban J connectivity index is 2.35. The number of hydrogen-bond donors (Lipinski definition) is 2. The molecule has 0 bridgehead atoms. The smallest absolute Gasteiger partial charge is 0.264 e. The molecule has 0 radical (unpaired) electrons. The van der Waals surface area contributed by atoms with Gasteiger partial charge < -0.3 is 0 Å². The lowest BCUT2D eigenvalue weighted by Crippen LogP contribution is -2.13. The SMILES string of the molecule is O=[N+]([O-])c1cccc(S(=O)(=O)Nc2ccn[nH]2)c1. The Kier molecular flexibility index (Phi) is 2.98. The third-order valence-corrected chi connectivity index (χ3v) is 3.45. The molecule has 1 aromatic carbocycles. The molecule has 0 unspecified atom stereocenters. The number of aromatic nitrogens is 2. The largest absolute Gasteiger partial charge is 0.270 e. The van der Waals surface area contributed by atoms with Gasteiger partial charge in [-0.1, -0.05) is 6.07 Å². The number of aromatic amines is 1. The van der Waals surface area contributed by atoms with Crippen LogP contribution in [0.15, 0.2) is 41.4 Å². The zero-order valence-corrected chi connectivity index (χ0v) is 9.72. The van der Waals surface area contributed by atoms with Crippen molar-refractivity contribution in [1.29, 1.82) is 0 Å². The molecule has 18 heavy (non-hydrogen) atoms. The van der Waals surface area contributed by atoms with Crippen molar-refractivity contribution in [1.82, 2.24) is 10.2 Å². The molecule has 0 fully saturated rings. The molecule has 1 aromatic heterocycles. The second-order valence-corrected chi connectivity index (χ2v) is 5.01. The summed E-state index contributed by atoms with van der Waals surface area (Å²) >= 11 is 0. The summed E-state index contributed by atoms with van der Waals surface area (Å²) in [5, 5.41) is 16.6. The molecule has 0 atom stereocenters. The molecule has 0 saturated heterocycles. The van der Waals surface area contributed by atoms with E-state index in [1.165, 1.54) is 30.5 Å². The second kappa shape index (κ2) is 4.45. The summed E-state index contributed by atoms with van der Waals surface area (Å²) in [4.78, 5) is 9.73. The lowest BCUT2D eigenvalue weighted by molar-refractivity contribution is -0.385. The van der Waals surface area contributed by atoms with Crippen molar-refractivity contribution in [2.24, 2.45) is 0 Å². The molecule has 2 N–H and O–H groups in total. The molecular weight excluding hydrogens is 260 g/mol. The molecule has 1 heterocycles. The number of nitro benzene ring substituents is 1. The van der Waals surface area contributed by atoms with Crippen molar-refractivity contribution in [3.05, 3.63) is 46.6 Å². The molecule has 2 rings (SSSR count). The fraction of sp³-hybridized carbons (Fsp3) is 0. The van der Waals surface area contributed by atoms with Gasteiger partial charge in [-0.05, 0) is 6.07 Å². The molecule has 0 amide bonds. The first kappa shape index (κ1) is 12.0. The van der Waals surface area contributed by atoms with E-state index in [4.69, 9.17) is 0 Å². The van der Waals surface area contributed by atoms with Crippen LogP contribution in [0.1, 0.15) is 0 Å². The molecule has 8 nitrogen and oxygen atoms in total. The van der Waals surface area contributed by atoms with E-state index in [2.05, 4.69) is 14.9 Å². The minimum Gasteiger partial charge on any atom is -0.264 e. The fourth-order valence-electron chi connectivity index (χ4n) is 1.28. The fourth-order valence-corrected chi connectivity index (χ4v) is 2.34. The standard InChI is InChI=1S/C9H8N4O4S/c14-13(15)7-2-1-3-8(6-7)18(16,17)12-9-4-5-10-11-9/h1-6H,(H2,10,11,12). The highest BCUT2D eigenvalue weighted by Gasteiger charge is 2.17. The topological polar surface area (TPSA) is 118 Å². The van der Waals surface area contributed by atoms with Crippen molar-refractivity contribution < 1.29 is 13.3 Å². The Morgan fingerprint density at radius 2 is 2.11 bits per heavy atom. The Morgan fingerprint density at radius 3 is 2.72 bits per heavy atom. The molecule has 94 valence electrons. The minimum atomic E-state index is -3.86. The maximum Gasteiger partial charge on any atom is 0.270 e. The number of non-ortho nitro benzene ring substituents is 1. The van der Waals surface area contributed by atoms with Gasteiger partial charge in [-0.3, -0.25) is 19.9 Å². The summed E-state index contributed by atoms with van der Waals surface area (Å²) in [6.45, 7) is 0. The predicted molar refractivity (Wildman–Crippen MR) is 62.5 cm³/mol. The second-order valence-electron chi connectivity index (χ2n) is 3.33. The average molecular weight is 268 g/mol. The average Bonchev–Trinajstić information content (AvgIpc) is 2.81. The predicted octanol–water partition coefficient (Wildman–Crippen LogP) is 1.12. The van der Waals surface area contributed by atoms with E-state index in [0.717, 1.165) is 6.07 Å². The van der Waals surface area contributed by atoms with Crippen LogP contribution in [-0.4, -0.2) is 23.5 Å². The summed E-state index contributed by atoms with van der Waals surface area (Å²) in [6.07, 6.45) is 1.38. The number of rotatable bonds is 4. The highest BCUT2D eigenvalue weighted by molar-refractivity contribution is 7.92. The van der Waals surface area contributed by atoms with Crippen LogP contribution >= 0.6 is 0 Å². The van der Waals surface area contributed by atoms with Gasteiger partial charge in [0.2, 0.25) is 0 Å². The molecule has 0 saturated carbocycles. The van der Waals surface area contributed by atoms with Gasteiger partial charge in [-0.15, -0.1) is 0 Å². The number of anilines is 1. The van der Waals surface area contributed by atoms with Crippen molar-refractivity contribution in [3.63, 3.8) is 0 Å². The Bertz CT molecular complexity index is 666. The first-order valence-electron chi connectivity index (χ1n) is 4.76. The highest BCUT2D eigenvalue weighted by atomic mass is 32.2. The summed E-state index contributed by atoms with van der Waals surface area (Å²) < 4.78 is 26.0. The van der Waals surface area contributed by atoms with Crippen LogP contribution in [0.2, 0.25) is 0 Å². The number of nitrogens with zero attached hydrogens (tertiary/aromatic N) is 2. The van der Waals surface area contributed by atoms with Gasteiger partial charge in [-0.25, -0.2) is 8.42 Å². The van der Waals surface area contributed by atoms with Gasteiger partial charge in [-0.2, -0.15) is 5.10 Å². The van der Waals surface area contributed by atoms with Crippen LogP contribution in [0.5, 0.6) is 0 Å². The minimum absolute atomic E-state index is 0.182. The zero-order chi connectivity index (χ0) is 13.2. The number of H-pyrrole nitrogens is 1. The van der Waals surface area contributed by atoms with Gasteiger partial charge in [0.25, 0.3) is 15.7 Å². The first-order valence-corrected chi connectivity index (χ1v) is 6.24. The van der Waals surface area contributed by atoms with E-state index in [-0.39, 0.29) is 16.4 Å². The number of nitro groups is 1. The first-order chi connectivity index (χ1) is 8.49. The third kappa shape index (κ3) is 2.46. The molecule has 2 aromatic rings. The third-order valence-electron chi connectivity index (χ3n) is 2.08. The van der Waals surface area contributed by atoms with Crippen LogP contribution in [0.25, 0.3) is 0 Å². The van der Waals surface area contributed by atoms with E-state index < -0.39 is 14.9 Å². The summed E-state index contributed by atoms with van der Waals surface area (Å²) in [6, 6.07) is 6.20. The maximum absolute atomic E-state index is 11.9. The van der Waals surface area contributed by atoms with Gasteiger partial charge in [0, 0.05) is 18.2 Å². The Hall–Kier alpha value is -2.42. The highest BCUT2D eigenvalue weighted by Crippen LogP contribution is 2.19. The van der Waals surface area contributed by atoms with Gasteiger partial charge in [0.05, 0.1) is 16.0 Å². The summed E-state index contributed by atoms with van der Waals surface area (Å²) in [5.74, 6) is 0.182. The van der Waals surface area contributed by atoms with Crippen molar-refractivity contribution in [3.8, 4) is 0 Å². The van der Waals surface area contributed by atoms with Gasteiger partial charge >= 0.3 is 0 Å². The van der Waals surface area contributed by atoms with Crippen LogP contribution in [0.4, 0.5) is 11.5 Å². The molecule has 0 aliphatic heterocycles. The Labute approximate surface area is 102 Å².